The molecule has 3 rings (SSSR count). The molecule has 1 N–H and O–H groups in total. The van der Waals surface area contributed by atoms with E-state index in [1.54, 1.807) is 0 Å². The zero-order chi connectivity index (χ0) is 13.1. The Hall–Kier alpha value is -0.830. The van der Waals surface area contributed by atoms with Crippen LogP contribution in [0.3, 0.4) is 0 Å². The van der Waals surface area contributed by atoms with Gasteiger partial charge < -0.3 is 9.84 Å². The van der Waals surface area contributed by atoms with Gasteiger partial charge in [-0.15, -0.1) is 0 Å². The number of esters is 1. The van der Waals surface area contributed by atoms with Crippen molar-refractivity contribution >= 4 is 5.97 Å². The summed E-state index contributed by atoms with van der Waals surface area (Å²) in [7, 11) is 0. The van der Waals surface area contributed by atoms with Crippen molar-refractivity contribution in [2.45, 2.75) is 51.2 Å². The fourth-order valence-corrected chi connectivity index (χ4v) is 4.41. The standard InChI is InChI=1S/C15H22O3/c1-8-4-5-11-9(2)14(16)18-13-12(11)10(8)6-7-15(13,3)17/h8,10-13,17H,2,4-7H2,1,3H3/t8?,10?,11?,12?,13-,15+/m0/s1. The van der Waals surface area contributed by atoms with E-state index in [0.29, 0.717) is 17.4 Å². The molecule has 0 amide bonds. The van der Waals surface area contributed by atoms with Crippen LogP contribution in [0.2, 0.25) is 0 Å². The lowest BCUT2D eigenvalue weighted by molar-refractivity contribution is -0.204. The number of rotatable bonds is 0. The Kier molecular flexibility index (Phi) is 2.60. The Balaban J connectivity index is 2.00. The molecule has 6 atom stereocenters. The lowest BCUT2D eigenvalue weighted by atomic mass is 9.55. The van der Waals surface area contributed by atoms with Crippen molar-refractivity contribution in [2.75, 3.05) is 0 Å². The summed E-state index contributed by atoms with van der Waals surface area (Å²) in [6.07, 6.45) is 3.62. The topological polar surface area (TPSA) is 46.5 Å². The Morgan fingerprint density at radius 1 is 1.39 bits per heavy atom. The van der Waals surface area contributed by atoms with Gasteiger partial charge in [0.2, 0.25) is 0 Å². The van der Waals surface area contributed by atoms with Gasteiger partial charge in [-0.25, -0.2) is 4.79 Å². The molecule has 0 radical (unpaired) electrons. The lowest BCUT2D eigenvalue weighted by Crippen LogP contribution is -2.60. The Labute approximate surface area is 108 Å². The highest BCUT2D eigenvalue weighted by atomic mass is 16.6. The summed E-state index contributed by atoms with van der Waals surface area (Å²) in [5.74, 6) is 1.44. The molecule has 3 aliphatic rings. The summed E-state index contributed by atoms with van der Waals surface area (Å²) in [5, 5.41) is 10.5. The molecule has 0 aromatic heterocycles. The highest BCUT2D eigenvalue weighted by molar-refractivity contribution is 5.89. The first kappa shape index (κ1) is 12.2. The molecule has 100 valence electrons. The first-order valence-electron chi connectivity index (χ1n) is 7.04. The van der Waals surface area contributed by atoms with Crippen LogP contribution in [0, 0.1) is 23.7 Å². The first-order valence-corrected chi connectivity index (χ1v) is 7.04. The van der Waals surface area contributed by atoms with Gasteiger partial charge in [-0.3, -0.25) is 0 Å². The predicted octanol–water partition coefficient (Wildman–Crippen LogP) is 2.29. The Morgan fingerprint density at radius 2 is 2.11 bits per heavy atom. The van der Waals surface area contributed by atoms with Gasteiger partial charge in [0.05, 0.1) is 5.60 Å². The molecule has 0 aromatic carbocycles. The van der Waals surface area contributed by atoms with Gasteiger partial charge >= 0.3 is 5.97 Å². The van der Waals surface area contributed by atoms with Crippen LogP contribution < -0.4 is 0 Å². The molecule has 1 saturated heterocycles. The van der Waals surface area contributed by atoms with Crippen LogP contribution in [-0.2, 0) is 9.53 Å². The van der Waals surface area contributed by atoms with Crippen LogP contribution in [0.4, 0.5) is 0 Å². The minimum Gasteiger partial charge on any atom is -0.456 e. The van der Waals surface area contributed by atoms with Crippen molar-refractivity contribution in [1.82, 2.24) is 0 Å². The average Bonchev–Trinajstić information content (AvgIpc) is 2.31. The summed E-state index contributed by atoms with van der Waals surface area (Å²) in [6.45, 7) is 8.02. The summed E-state index contributed by atoms with van der Waals surface area (Å²) in [5.41, 5.74) is -0.238. The number of aliphatic hydroxyl groups is 1. The van der Waals surface area contributed by atoms with E-state index < -0.39 is 5.60 Å². The molecule has 4 unspecified atom stereocenters. The first-order chi connectivity index (χ1) is 8.42. The molecule has 2 aliphatic carbocycles. The van der Waals surface area contributed by atoms with Gasteiger partial charge in [-0.2, -0.15) is 0 Å². The third-order valence-corrected chi connectivity index (χ3v) is 5.51. The van der Waals surface area contributed by atoms with E-state index in [2.05, 4.69) is 13.5 Å². The molecular formula is C15H22O3. The monoisotopic (exact) mass is 250 g/mol. The van der Waals surface area contributed by atoms with Gasteiger partial charge in [0.25, 0.3) is 0 Å². The fourth-order valence-electron chi connectivity index (χ4n) is 4.41. The largest absolute Gasteiger partial charge is 0.456 e. The average molecular weight is 250 g/mol. The maximum Gasteiger partial charge on any atom is 0.334 e. The second-order valence-corrected chi connectivity index (χ2v) is 6.65. The van der Waals surface area contributed by atoms with Gasteiger partial charge in [-0.1, -0.05) is 13.5 Å². The van der Waals surface area contributed by atoms with Crippen molar-refractivity contribution < 1.29 is 14.6 Å². The quantitative estimate of drug-likeness (QED) is 0.530. The van der Waals surface area contributed by atoms with Gasteiger partial charge in [0, 0.05) is 11.5 Å². The van der Waals surface area contributed by atoms with Crippen molar-refractivity contribution in [3.05, 3.63) is 12.2 Å². The number of hydrogen-bond acceptors (Lipinski definition) is 3. The van der Waals surface area contributed by atoms with Gasteiger partial charge in [0.1, 0.15) is 6.10 Å². The van der Waals surface area contributed by atoms with Crippen LogP contribution in [-0.4, -0.2) is 22.8 Å². The fraction of sp³-hybridized carbons (Fsp3) is 0.800. The molecule has 3 heteroatoms. The molecular weight excluding hydrogens is 228 g/mol. The molecule has 3 nitrogen and oxygen atoms in total. The third kappa shape index (κ3) is 1.56. The van der Waals surface area contributed by atoms with Gasteiger partial charge in [0.15, 0.2) is 0 Å². The summed E-state index contributed by atoms with van der Waals surface area (Å²) >= 11 is 0. The minimum atomic E-state index is -0.868. The van der Waals surface area contributed by atoms with E-state index in [-0.39, 0.29) is 23.9 Å². The Morgan fingerprint density at radius 3 is 2.83 bits per heavy atom. The van der Waals surface area contributed by atoms with E-state index in [0.717, 1.165) is 25.7 Å². The van der Waals surface area contributed by atoms with Crippen LogP contribution in [0.25, 0.3) is 0 Å². The maximum atomic E-state index is 11.9. The van der Waals surface area contributed by atoms with E-state index >= 15 is 0 Å². The van der Waals surface area contributed by atoms with Crippen LogP contribution in [0.1, 0.15) is 39.5 Å². The van der Waals surface area contributed by atoms with Crippen LogP contribution in [0.5, 0.6) is 0 Å². The predicted molar refractivity (Wildman–Crippen MR) is 67.7 cm³/mol. The number of hydrogen-bond donors (Lipinski definition) is 1. The van der Waals surface area contributed by atoms with E-state index in [9.17, 15) is 9.90 Å². The highest BCUT2D eigenvalue weighted by Crippen LogP contribution is 2.54. The molecule has 18 heavy (non-hydrogen) atoms. The summed E-state index contributed by atoms with van der Waals surface area (Å²) in [6, 6.07) is 0. The van der Waals surface area contributed by atoms with Crippen molar-refractivity contribution in [1.29, 1.82) is 0 Å². The molecule has 0 spiro atoms. The molecule has 1 aliphatic heterocycles. The number of ether oxygens (including phenoxy) is 1. The second-order valence-electron chi connectivity index (χ2n) is 6.65. The minimum absolute atomic E-state index is 0.226. The SMILES string of the molecule is C=C1C(=O)O[C@H]2C3C1CCC(C)C3CC[C@@]2(C)O. The molecule has 0 bridgehead atoms. The smallest absolute Gasteiger partial charge is 0.334 e. The Bertz CT molecular complexity index is 399. The zero-order valence-corrected chi connectivity index (χ0v) is 11.2. The van der Waals surface area contributed by atoms with Crippen LogP contribution in [0.15, 0.2) is 12.2 Å². The number of carbonyl (C=O) groups is 1. The van der Waals surface area contributed by atoms with Crippen molar-refractivity contribution in [3.8, 4) is 0 Å². The number of carbonyl (C=O) groups excluding carboxylic acids is 1. The van der Waals surface area contributed by atoms with E-state index in [1.807, 2.05) is 6.92 Å². The highest BCUT2D eigenvalue weighted by Gasteiger charge is 2.57. The maximum absolute atomic E-state index is 11.9. The lowest BCUT2D eigenvalue weighted by Gasteiger charge is -2.55. The summed E-state index contributed by atoms with van der Waals surface area (Å²) < 4.78 is 5.51. The van der Waals surface area contributed by atoms with Crippen molar-refractivity contribution in [3.63, 3.8) is 0 Å². The van der Waals surface area contributed by atoms with Crippen LogP contribution >= 0.6 is 0 Å². The van der Waals surface area contributed by atoms with Gasteiger partial charge in [-0.05, 0) is 50.4 Å². The van der Waals surface area contributed by atoms with E-state index in [1.165, 1.54) is 0 Å². The second kappa shape index (κ2) is 3.83. The zero-order valence-electron chi connectivity index (χ0n) is 11.2. The normalized spacial score (nSPS) is 51.6. The molecule has 0 aromatic rings. The molecule has 1 heterocycles. The molecule has 3 fully saturated rings. The summed E-state index contributed by atoms with van der Waals surface area (Å²) in [4.78, 5) is 11.9. The van der Waals surface area contributed by atoms with E-state index in [4.69, 9.17) is 4.74 Å². The third-order valence-electron chi connectivity index (χ3n) is 5.51. The van der Waals surface area contributed by atoms with Crippen molar-refractivity contribution in [2.24, 2.45) is 23.7 Å². The molecule has 2 saturated carbocycles.